The fourth-order valence-electron chi connectivity index (χ4n) is 2.28. The summed E-state index contributed by atoms with van der Waals surface area (Å²) >= 11 is 1.66. The summed E-state index contributed by atoms with van der Waals surface area (Å²) in [5.41, 5.74) is 1.13. The number of aliphatic imine (C=N–C) groups is 1. The van der Waals surface area contributed by atoms with Gasteiger partial charge < -0.3 is 10.6 Å². The third kappa shape index (κ3) is 6.67. The Morgan fingerprint density at radius 1 is 1.19 bits per heavy atom. The van der Waals surface area contributed by atoms with Gasteiger partial charge in [0.05, 0.1) is 17.1 Å². The zero-order valence-electron chi connectivity index (χ0n) is 14.9. The number of rotatable bonds is 7. The Balaban J connectivity index is 1.83. The second-order valence-corrected chi connectivity index (χ2v) is 6.75. The molecule has 2 rings (SSSR count). The zero-order valence-corrected chi connectivity index (χ0v) is 15.7. The van der Waals surface area contributed by atoms with Crippen LogP contribution in [0.4, 0.5) is 13.2 Å². The van der Waals surface area contributed by atoms with Gasteiger partial charge in [0.2, 0.25) is 0 Å². The van der Waals surface area contributed by atoms with Crippen LogP contribution >= 0.6 is 11.3 Å². The van der Waals surface area contributed by atoms with Crippen molar-refractivity contribution in [2.75, 3.05) is 13.1 Å². The fourth-order valence-corrected chi connectivity index (χ4v) is 3.09. The van der Waals surface area contributed by atoms with E-state index < -0.39 is 11.7 Å². The quantitative estimate of drug-likeness (QED) is 0.428. The Labute approximate surface area is 155 Å². The van der Waals surface area contributed by atoms with Crippen LogP contribution in [0.3, 0.4) is 0 Å². The van der Waals surface area contributed by atoms with E-state index in [0.717, 1.165) is 47.8 Å². The Morgan fingerprint density at radius 3 is 2.50 bits per heavy atom. The van der Waals surface area contributed by atoms with E-state index in [4.69, 9.17) is 0 Å². The standard InChI is InChI=1S/C18H23F3N4S/c1-3-22-17(23-10-4-5-16-25-13(2)12-26-16)24-11-14-6-8-15(9-7-14)18(19,20)21/h6-9,12H,3-5,10-11H2,1-2H3,(H2,22,23,24). The van der Waals surface area contributed by atoms with Gasteiger partial charge in [0.1, 0.15) is 0 Å². The first kappa shape index (κ1) is 20.2. The van der Waals surface area contributed by atoms with Crippen LogP contribution in [0.2, 0.25) is 0 Å². The maximum atomic E-state index is 12.6. The molecule has 1 aromatic carbocycles. The Bertz CT molecular complexity index is 708. The molecule has 0 bridgehead atoms. The molecule has 0 aliphatic heterocycles. The van der Waals surface area contributed by atoms with Crippen molar-refractivity contribution in [3.05, 3.63) is 51.5 Å². The van der Waals surface area contributed by atoms with Crippen molar-refractivity contribution in [2.45, 2.75) is 39.4 Å². The first-order valence-corrected chi connectivity index (χ1v) is 9.35. The number of hydrogen-bond donors (Lipinski definition) is 2. The SMILES string of the molecule is CCNC(=NCc1ccc(C(F)(F)F)cc1)NCCCc1nc(C)cs1. The maximum absolute atomic E-state index is 12.6. The molecule has 142 valence electrons. The lowest BCUT2D eigenvalue weighted by Crippen LogP contribution is -2.37. The number of aromatic nitrogens is 1. The third-order valence-electron chi connectivity index (χ3n) is 3.57. The van der Waals surface area contributed by atoms with E-state index in [2.05, 4.69) is 20.6 Å². The van der Waals surface area contributed by atoms with Crippen LogP contribution in [0.1, 0.15) is 35.2 Å². The maximum Gasteiger partial charge on any atom is 0.416 e. The minimum Gasteiger partial charge on any atom is -0.357 e. The molecule has 4 nitrogen and oxygen atoms in total. The molecule has 0 spiro atoms. The lowest BCUT2D eigenvalue weighted by atomic mass is 10.1. The van der Waals surface area contributed by atoms with Gasteiger partial charge in [-0.05, 0) is 38.0 Å². The monoisotopic (exact) mass is 384 g/mol. The summed E-state index contributed by atoms with van der Waals surface area (Å²) in [6.45, 7) is 5.73. The predicted molar refractivity (Wildman–Crippen MR) is 99.4 cm³/mol. The van der Waals surface area contributed by atoms with Crippen molar-refractivity contribution in [1.82, 2.24) is 15.6 Å². The molecular weight excluding hydrogens is 361 g/mol. The molecule has 0 aliphatic rings. The average molecular weight is 384 g/mol. The number of hydrogen-bond acceptors (Lipinski definition) is 3. The molecular formula is C18H23F3N4S. The highest BCUT2D eigenvalue weighted by molar-refractivity contribution is 7.09. The summed E-state index contributed by atoms with van der Waals surface area (Å²) in [6, 6.07) is 5.09. The van der Waals surface area contributed by atoms with E-state index in [1.165, 1.54) is 12.1 Å². The fraction of sp³-hybridized carbons (Fsp3) is 0.444. The van der Waals surface area contributed by atoms with Gasteiger partial charge >= 0.3 is 6.18 Å². The van der Waals surface area contributed by atoms with Crippen LogP contribution in [0.25, 0.3) is 0 Å². The number of benzene rings is 1. The molecule has 0 atom stereocenters. The van der Waals surface area contributed by atoms with Crippen molar-refractivity contribution in [3.63, 3.8) is 0 Å². The van der Waals surface area contributed by atoms with Gasteiger partial charge in [0.15, 0.2) is 5.96 Å². The molecule has 26 heavy (non-hydrogen) atoms. The van der Waals surface area contributed by atoms with Crippen molar-refractivity contribution in [3.8, 4) is 0 Å². The molecule has 0 aliphatic carbocycles. The molecule has 0 fully saturated rings. The predicted octanol–water partition coefficient (Wildman–Crippen LogP) is 4.16. The summed E-state index contributed by atoms with van der Waals surface area (Å²) in [7, 11) is 0. The zero-order chi connectivity index (χ0) is 19.0. The van der Waals surface area contributed by atoms with E-state index in [9.17, 15) is 13.2 Å². The second-order valence-electron chi connectivity index (χ2n) is 5.80. The van der Waals surface area contributed by atoms with Gasteiger partial charge in [-0.2, -0.15) is 13.2 Å². The Morgan fingerprint density at radius 2 is 1.92 bits per heavy atom. The molecule has 0 amide bonds. The van der Waals surface area contributed by atoms with Crippen LogP contribution in [0.5, 0.6) is 0 Å². The highest BCUT2D eigenvalue weighted by Gasteiger charge is 2.29. The number of guanidine groups is 1. The summed E-state index contributed by atoms with van der Waals surface area (Å²) in [5, 5.41) is 9.54. The first-order valence-electron chi connectivity index (χ1n) is 8.48. The first-order chi connectivity index (χ1) is 12.4. The molecule has 1 heterocycles. The molecule has 2 N–H and O–H groups in total. The van der Waals surface area contributed by atoms with E-state index in [1.54, 1.807) is 11.3 Å². The molecule has 1 aromatic heterocycles. The van der Waals surface area contributed by atoms with Crippen LogP contribution < -0.4 is 10.6 Å². The van der Waals surface area contributed by atoms with Crippen molar-refractivity contribution < 1.29 is 13.2 Å². The van der Waals surface area contributed by atoms with Gasteiger partial charge in [0.25, 0.3) is 0 Å². The average Bonchev–Trinajstić information content (AvgIpc) is 3.01. The largest absolute Gasteiger partial charge is 0.416 e. The van der Waals surface area contributed by atoms with E-state index in [-0.39, 0.29) is 0 Å². The molecule has 0 radical (unpaired) electrons. The second kappa shape index (κ2) is 9.56. The van der Waals surface area contributed by atoms with Crippen LogP contribution in [-0.4, -0.2) is 24.0 Å². The minimum absolute atomic E-state index is 0.319. The van der Waals surface area contributed by atoms with Crippen molar-refractivity contribution in [2.24, 2.45) is 4.99 Å². The lowest BCUT2D eigenvalue weighted by Gasteiger charge is -2.11. The normalized spacial score (nSPS) is 12.3. The van der Waals surface area contributed by atoms with E-state index in [1.807, 2.05) is 19.2 Å². The van der Waals surface area contributed by atoms with Crippen LogP contribution in [-0.2, 0) is 19.1 Å². The van der Waals surface area contributed by atoms with Gasteiger partial charge in [-0.15, -0.1) is 11.3 Å². The molecule has 0 saturated heterocycles. The molecule has 0 saturated carbocycles. The number of nitrogens with zero attached hydrogens (tertiary/aromatic N) is 2. The summed E-state index contributed by atoms with van der Waals surface area (Å²) in [6.07, 6.45) is -2.48. The summed E-state index contributed by atoms with van der Waals surface area (Å²) in [5.74, 6) is 0.655. The number of aryl methyl sites for hydroxylation is 2. The molecule has 8 heteroatoms. The van der Waals surface area contributed by atoms with E-state index in [0.29, 0.717) is 19.0 Å². The van der Waals surface area contributed by atoms with Crippen molar-refractivity contribution in [1.29, 1.82) is 0 Å². The number of halogens is 3. The van der Waals surface area contributed by atoms with Gasteiger partial charge in [0, 0.05) is 30.6 Å². The van der Waals surface area contributed by atoms with Crippen LogP contribution in [0.15, 0.2) is 34.6 Å². The highest BCUT2D eigenvalue weighted by atomic mass is 32.1. The third-order valence-corrected chi connectivity index (χ3v) is 4.60. The summed E-state index contributed by atoms with van der Waals surface area (Å²) in [4.78, 5) is 8.85. The number of thiazole rings is 1. The minimum atomic E-state index is -4.31. The Hall–Kier alpha value is -2.09. The Kier molecular flexibility index (Phi) is 7.44. The highest BCUT2D eigenvalue weighted by Crippen LogP contribution is 2.29. The number of nitrogens with one attached hydrogen (secondary N) is 2. The van der Waals surface area contributed by atoms with Gasteiger partial charge in [-0.3, -0.25) is 0 Å². The van der Waals surface area contributed by atoms with Crippen molar-refractivity contribution >= 4 is 17.3 Å². The van der Waals surface area contributed by atoms with Gasteiger partial charge in [-0.25, -0.2) is 9.98 Å². The van der Waals surface area contributed by atoms with Gasteiger partial charge in [-0.1, -0.05) is 12.1 Å². The lowest BCUT2D eigenvalue weighted by molar-refractivity contribution is -0.137. The summed E-state index contributed by atoms with van der Waals surface area (Å²) < 4.78 is 37.7. The molecule has 0 unspecified atom stereocenters. The number of alkyl halides is 3. The molecule has 2 aromatic rings. The van der Waals surface area contributed by atoms with Crippen LogP contribution in [0, 0.1) is 6.92 Å². The van der Waals surface area contributed by atoms with E-state index >= 15 is 0 Å². The topological polar surface area (TPSA) is 49.3 Å². The smallest absolute Gasteiger partial charge is 0.357 e.